The van der Waals surface area contributed by atoms with E-state index < -0.39 is 0 Å². The van der Waals surface area contributed by atoms with Crippen molar-refractivity contribution in [2.45, 2.75) is 13.3 Å². The third-order valence-electron chi connectivity index (χ3n) is 2.83. The standard InChI is InChI=1S/C17H17BrO/c1-2-14(13-18)11-15-7-6-10-17(12-15)19-16-8-4-3-5-9-16/h3-12H,2,13H2,1H3. The lowest BCUT2D eigenvalue weighted by Crippen LogP contribution is -1.86. The first-order valence-corrected chi connectivity index (χ1v) is 7.52. The number of halogens is 1. The highest BCUT2D eigenvalue weighted by Crippen LogP contribution is 2.23. The second-order valence-electron chi connectivity index (χ2n) is 4.28. The molecular weight excluding hydrogens is 300 g/mol. The van der Waals surface area contributed by atoms with Gasteiger partial charge in [-0.15, -0.1) is 0 Å². The molecule has 0 N–H and O–H groups in total. The summed E-state index contributed by atoms with van der Waals surface area (Å²) in [6.07, 6.45) is 3.25. The fraction of sp³-hybridized carbons (Fsp3) is 0.176. The summed E-state index contributed by atoms with van der Waals surface area (Å²) in [6.45, 7) is 2.16. The van der Waals surface area contributed by atoms with Gasteiger partial charge in [0.1, 0.15) is 11.5 Å². The molecular formula is C17H17BrO. The molecule has 0 aliphatic carbocycles. The smallest absolute Gasteiger partial charge is 0.128 e. The van der Waals surface area contributed by atoms with Crippen LogP contribution in [0.1, 0.15) is 18.9 Å². The Kier molecular flexibility index (Phi) is 5.22. The van der Waals surface area contributed by atoms with Crippen LogP contribution in [0.5, 0.6) is 11.5 Å². The van der Waals surface area contributed by atoms with E-state index in [4.69, 9.17) is 4.74 Å². The van der Waals surface area contributed by atoms with Crippen LogP contribution in [-0.2, 0) is 0 Å². The predicted octanol–water partition coefficient (Wildman–Crippen LogP) is 5.67. The van der Waals surface area contributed by atoms with Crippen LogP contribution in [0.4, 0.5) is 0 Å². The van der Waals surface area contributed by atoms with E-state index >= 15 is 0 Å². The van der Waals surface area contributed by atoms with E-state index in [2.05, 4.69) is 41.1 Å². The summed E-state index contributed by atoms with van der Waals surface area (Å²) in [4.78, 5) is 0. The van der Waals surface area contributed by atoms with Crippen LogP contribution < -0.4 is 4.74 Å². The van der Waals surface area contributed by atoms with Gasteiger partial charge in [0.25, 0.3) is 0 Å². The minimum atomic E-state index is 0.861. The minimum Gasteiger partial charge on any atom is -0.457 e. The molecule has 2 aromatic carbocycles. The van der Waals surface area contributed by atoms with E-state index in [1.165, 1.54) is 11.1 Å². The monoisotopic (exact) mass is 316 g/mol. The van der Waals surface area contributed by atoms with Crippen molar-refractivity contribution in [3.05, 3.63) is 65.7 Å². The van der Waals surface area contributed by atoms with Crippen LogP contribution in [0.25, 0.3) is 6.08 Å². The van der Waals surface area contributed by atoms with Gasteiger partial charge in [0.15, 0.2) is 0 Å². The van der Waals surface area contributed by atoms with Crippen LogP contribution in [0.2, 0.25) is 0 Å². The quantitative estimate of drug-likeness (QED) is 0.646. The lowest BCUT2D eigenvalue weighted by Gasteiger charge is -2.06. The van der Waals surface area contributed by atoms with Crippen molar-refractivity contribution >= 4 is 22.0 Å². The first-order chi connectivity index (χ1) is 9.31. The summed E-state index contributed by atoms with van der Waals surface area (Å²) in [5.74, 6) is 1.73. The van der Waals surface area contributed by atoms with Gasteiger partial charge in [-0.05, 0) is 36.2 Å². The summed E-state index contributed by atoms with van der Waals surface area (Å²) in [7, 11) is 0. The van der Waals surface area contributed by atoms with Crippen molar-refractivity contribution in [2.24, 2.45) is 0 Å². The molecule has 0 saturated heterocycles. The molecule has 0 fully saturated rings. The fourth-order valence-corrected chi connectivity index (χ4v) is 2.32. The number of hydrogen-bond donors (Lipinski definition) is 0. The van der Waals surface area contributed by atoms with E-state index in [1.54, 1.807) is 0 Å². The molecule has 0 aromatic heterocycles. The van der Waals surface area contributed by atoms with Gasteiger partial charge in [-0.1, -0.05) is 64.8 Å². The molecule has 2 rings (SSSR count). The van der Waals surface area contributed by atoms with E-state index in [-0.39, 0.29) is 0 Å². The first kappa shape index (κ1) is 13.9. The molecule has 0 aliphatic rings. The average molecular weight is 317 g/mol. The Balaban J connectivity index is 2.18. The summed E-state index contributed by atoms with van der Waals surface area (Å²) >= 11 is 3.51. The highest BCUT2D eigenvalue weighted by molar-refractivity contribution is 9.09. The summed E-state index contributed by atoms with van der Waals surface area (Å²) in [5.41, 5.74) is 2.54. The van der Waals surface area contributed by atoms with Gasteiger partial charge < -0.3 is 4.74 Å². The molecule has 0 unspecified atom stereocenters. The van der Waals surface area contributed by atoms with E-state index in [0.717, 1.165) is 23.2 Å². The second-order valence-corrected chi connectivity index (χ2v) is 4.84. The normalized spacial score (nSPS) is 11.4. The van der Waals surface area contributed by atoms with Gasteiger partial charge in [-0.2, -0.15) is 0 Å². The van der Waals surface area contributed by atoms with Crippen molar-refractivity contribution in [1.82, 2.24) is 0 Å². The Morgan fingerprint density at radius 1 is 1.05 bits per heavy atom. The molecule has 0 heterocycles. The molecule has 98 valence electrons. The Morgan fingerprint density at radius 2 is 1.79 bits per heavy atom. The maximum absolute atomic E-state index is 5.83. The summed E-state index contributed by atoms with van der Waals surface area (Å²) in [5, 5.41) is 0.910. The molecule has 0 bridgehead atoms. The summed E-state index contributed by atoms with van der Waals surface area (Å²) < 4.78 is 5.83. The molecule has 0 radical (unpaired) electrons. The Labute approximate surface area is 123 Å². The number of allylic oxidation sites excluding steroid dienone is 1. The molecule has 19 heavy (non-hydrogen) atoms. The maximum Gasteiger partial charge on any atom is 0.128 e. The van der Waals surface area contributed by atoms with Gasteiger partial charge >= 0.3 is 0 Å². The predicted molar refractivity (Wildman–Crippen MR) is 85.0 cm³/mol. The Hall–Kier alpha value is -1.54. The lowest BCUT2D eigenvalue weighted by molar-refractivity contribution is 0.482. The van der Waals surface area contributed by atoms with Gasteiger partial charge in [-0.25, -0.2) is 0 Å². The van der Waals surface area contributed by atoms with Crippen molar-refractivity contribution in [3.63, 3.8) is 0 Å². The topological polar surface area (TPSA) is 9.23 Å². The van der Waals surface area contributed by atoms with Crippen molar-refractivity contribution in [3.8, 4) is 11.5 Å². The third kappa shape index (κ3) is 4.25. The van der Waals surface area contributed by atoms with Crippen LogP contribution in [0, 0.1) is 0 Å². The fourth-order valence-electron chi connectivity index (χ4n) is 1.76. The first-order valence-electron chi connectivity index (χ1n) is 6.40. The highest BCUT2D eigenvalue weighted by atomic mass is 79.9. The minimum absolute atomic E-state index is 0.861. The maximum atomic E-state index is 5.83. The van der Waals surface area contributed by atoms with E-state index in [0.29, 0.717) is 0 Å². The number of benzene rings is 2. The molecule has 0 saturated carbocycles. The van der Waals surface area contributed by atoms with Crippen LogP contribution in [-0.4, -0.2) is 5.33 Å². The molecule has 0 spiro atoms. The van der Waals surface area contributed by atoms with Crippen LogP contribution in [0.3, 0.4) is 0 Å². The average Bonchev–Trinajstić information content (AvgIpc) is 2.46. The van der Waals surface area contributed by atoms with Gasteiger partial charge in [-0.3, -0.25) is 0 Å². The van der Waals surface area contributed by atoms with Gasteiger partial charge in [0, 0.05) is 5.33 Å². The summed E-state index contributed by atoms with van der Waals surface area (Å²) in [6, 6.07) is 18.0. The zero-order valence-electron chi connectivity index (χ0n) is 11.0. The molecule has 0 amide bonds. The molecule has 1 nitrogen and oxygen atoms in total. The van der Waals surface area contributed by atoms with Crippen LogP contribution in [0.15, 0.2) is 60.2 Å². The lowest BCUT2D eigenvalue weighted by atomic mass is 10.1. The van der Waals surface area contributed by atoms with Gasteiger partial charge in [0.05, 0.1) is 0 Å². The van der Waals surface area contributed by atoms with Crippen molar-refractivity contribution < 1.29 is 4.74 Å². The number of hydrogen-bond acceptors (Lipinski definition) is 1. The van der Waals surface area contributed by atoms with Crippen molar-refractivity contribution in [2.75, 3.05) is 5.33 Å². The SMILES string of the molecule is CCC(=Cc1cccc(Oc2ccccc2)c1)CBr. The van der Waals surface area contributed by atoms with Gasteiger partial charge in [0.2, 0.25) is 0 Å². The second kappa shape index (κ2) is 7.15. The number of ether oxygens (including phenoxy) is 1. The molecule has 2 heteroatoms. The van der Waals surface area contributed by atoms with E-state index in [9.17, 15) is 0 Å². The molecule has 0 atom stereocenters. The molecule has 2 aromatic rings. The van der Waals surface area contributed by atoms with Crippen molar-refractivity contribution in [1.29, 1.82) is 0 Å². The van der Waals surface area contributed by atoms with E-state index in [1.807, 2.05) is 42.5 Å². The number of para-hydroxylation sites is 1. The van der Waals surface area contributed by atoms with Crippen LogP contribution >= 0.6 is 15.9 Å². The zero-order valence-corrected chi connectivity index (χ0v) is 12.6. The highest BCUT2D eigenvalue weighted by Gasteiger charge is 1.98. The third-order valence-corrected chi connectivity index (χ3v) is 3.55. The Bertz CT molecular complexity index is 540. The largest absolute Gasteiger partial charge is 0.457 e. The zero-order chi connectivity index (χ0) is 13.5. The molecule has 0 aliphatic heterocycles. The number of alkyl halides is 1. The number of rotatable bonds is 5. The Morgan fingerprint density at radius 3 is 2.47 bits per heavy atom.